The van der Waals surface area contributed by atoms with Crippen LogP contribution in [0.15, 0.2) is 12.4 Å². The van der Waals surface area contributed by atoms with Gasteiger partial charge < -0.3 is 0 Å². The highest BCUT2D eigenvalue weighted by atomic mass is 35.5. The van der Waals surface area contributed by atoms with Crippen molar-refractivity contribution in [2.24, 2.45) is 0 Å². The highest BCUT2D eigenvalue weighted by Gasteiger charge is 2.40. The van der Waals surface area contributed by atoms with E-state index < -0.39 is 11.6 Å². The molecule has 14 heavy (non-hydrogen) atoms. The topological polar surface area (TPSA) is 12.9 Å². The van der Waals surface area contributed by atoms with Crippen LogP contribution in [-0.2, 0) is 0 Å². The summed E-state index contributed by atoms with van der Waals surface area (Å²) in [5.41, 5.74) is -0.340. The predicted octanol–water partition coefficient (Wildman–Crippen LogP) is 4.23. The second-order valence-corrected chi connectivity index (χ2v) is 3.65. The molecule has 1 aromatic rings. The minimum Gasteiger partial charge on any atom is -0.263 e. The standard InChI is InChI=1S/C7H3Cl3F3N/c8-4-2-14-1-3(5(4)9)6(10)7(11,12)13/h1-2,6H. The molecule has 7 heteroatoms. The van der Waals surface area contributed by atoms with Crippen molar-refractivity contribution in [3.63, 3.8) is 0 Å². The maximum absolute atomic E-state index is 12.2. The second-order valence-electron chi connectivity index (χ2n) is 2.43. The summed E-state index contributed by atoms with van der Waals surface area (Å²) < 4.78 is 36.6. The highest BCUT2D eigenvalue weighted by molar-refractivity contribution is 6.42. The predicted molar refractivity (Wildman–Crippen MR) is 48.9 cm³/mol. The molecule has 1 unspecified atom stereocenters. The van der Waals surface area contributed by atoms with Gasteiger partial charge in [0.25, 0.3) is 0 Å². The molecule has 78 valence electrons. The van der Waals surface area contributed by atoms with Crippen LogP contribution in [0, 0.1) is 0 Å². The first-order valence-corrected chi connectivity index (χ1v) is 4.53. The molecule has 0 spiro atoms. The number of hydrogen-bond acceptors (Lipinski definition) is 1. The third-order valence-corrected chi connectivity index (χ3v) is 2.71. The van der Waals surface area contributed by atoms with Crippen LogP contribution >= 0.6 is 34.8 Å². The maximum Gasteiger partial charge on any atom is 0.409 e. The summed E-state index contributed by atoms with van der Waals surface area (Å²) in [4.78, 5) is 3.48. The lowest BCUT2D eigenvalue weighted by atomic mass is 10.2. The van der Waals surface area contributed by atoms with Crippen molar-refractivity contribution < 1.29 is 13.2 Å². The third kappa shape index (κ3) is 2.43. The Morgan fingerprint density at radius 2 is 1.79 bits per heavy atom. The molecule has 0 saturated carbocycles. The Bertz CT molecular complexity index is 339. The van der Waals surface area contributed by atoms with E-state index in [0.29, 0.717) is 0 Å². The number of rotatable bonds is 1. The highest BCUT2D eigenvalue weighted by Crippen LogP contribution is 2.42. The van der Waals surface area contributed by atoms with Gasteiger partial charge in [-0.2, -0.15) is 13.2 Å². The van der Waals surface area contributed by atoms with Crippen molar-refractivity contribution in [2.75, 3.05) is 0 Å². The van der Waals surface area contributed by atoms with Gasteiger partial charge in [-0.15, -0.1) is 11.6 Å². The Kier molecular flexibility index (Phi) is 3.50. The normalized spacial score (nSPS) is 14.1. The molecule has 0 aromatic carbocycles. The molecule has 0 fully saturated rings. The molecule has 0 saturated heterocycles. The second kappa shape index (κ2) is 4.13. The first kappa shape index (κ1) is 11.9. The zero-order valence-electron chi connectivity index (χ0n) is 6.45. The smallest absolute Gasteiger partial charge is 0.263 e. The average molecular weight is 264 g/mol. The SMILES string of the molecule is FC(F)(F)C(Cl)c1cncc(Cl)c1Cl. The Hall–Kier alpha value is -0.190. The minimum absolute atomic E-state index is 0.0564. The summed E-state index contributed by atoms with van der Waals surface area (Å²) in [6, 6.07) is 0. The molecule has 1 rings (SSSR count). The van der Waals surface area contributed by atoms with Crippen LogP contribution in [0.5, 0.6) is 0 Å². The molecule has 0 N–H and O–H groups in total. The van der Waals surface area contributed by atoms with E-state index >= 15 is 0 Å². The molecular formula is C7H3Cl3F3N. The van der Waals surface area contributed by atoms with Crippen LogP contribution in [-0.4, -0.2) is 11.2 Å². The van der Waals surface area contributed by atoms with Crippen LogP contribution < -0.4 is 0 Å². The molecule has 0 radical (unpaired) electrons. The summed E-state index contributed by atoms with van der Waals surface area (Å²) in [6.07, 6.45) is -2.48. The van der Waals surface area contributed by atoms with Gasteiger partial charge in [0.05, 0.1) is 10.0 Å². The largest absolute Gasteiger partial charge is 0.409 e. The van der Waals surface area contributed by atoms with Gasteiger partial charge in [0.2, 0.25) is 0 Å². The fourth-order valence-corrected chi connectivity index (χ4v) is 1.38. The maximum atomic E-state index is 12.2. The number of halogens is 6. The molecule has 0 aliphatic carbocycles. The Balaban J connectivity index is 3.14. The number of hydrogen-bond donors (Lipinski definition) is 0. The van der Waals surface area contributed by atoms with E-state index in [2.05, 4.69) is 4.98 Å². The Labute approximate surface area is 92.8 Å². The summed E-state index contributed by atoms with van der Waals surface area (Å²) in [5, 5.41) is -2.47. The molecule has 1 atom stereocenters. The quantitative estimate of drug-likeness (QED) is 0.692. The van der Waals surface area contributed by atoms with Crippen LogP contribution in [0.25, 0.3) is 0 Å². The van der Waals surface area contributed by atoms with E-state index in [1.807, 2.05) is 0 Å². The molecule has 0 aliphatic rings. The van der Waals surface area contributed by atoms with Crippen LogP contribution in [0.1, 0.15) is 10.9 Å². The summed E-state index contributed by atoms with van der Waals surface area (Å²) in [7, 11) is 0. The lowest BCUT2D eigenvalue weighted by Crippen LogP contribution is -2.16. The summed E-state index contributed by atoms with van der Waals surface area (Å²) in [5.74, 6) is 0. The zero-order chi connectivity index (χ0) is 10.9. The third-order valence-electron chi connectivity index (χ3n) is 1.43. The lowest BCUT2D eigenvalue weighted by Gasteiger charge is -2.14. The van der Waals surface area contributed by atoms with Crippen molar-refractivity contribution in [1.29, 1.82) is 0 Å². The molecule has 1 nitrogen and oxygen atoms in total. The van der Waals surface area contributed by atoms with Crippen LogP contribution in [0.4, 0.5) is 13.2 Å². The molecular weight excluding hydrogens is 261 g/mol. The number of aromatic nitrogens is 1. The summed E-state index contributed by atoms with van der Waals surface area (Å²) >= 11 is 16.2. The first-order chi connectivity index (χ1) is 6.34. The van der Waals surface area contributed by atoms with Gasteiger partial charge >= 0.3 is 6.18 Å². The minimum atomic E-state index is -4.57. The van der Waals surface area contributed by atoms with Crippen molar-refractivity contribution in [2.45, 2.75) is 11.6 Å². The fourth-order valence-electron chi connectivity index (χ4n) is 0.787. The molecule has 1 aromatic heterocycles. The fraction of sp³-hybridized carbons (Fsp3) is 0.286. The van der Waals surface area contributed by atoms with E-state index in [1.54, 1.807) is 0 Å². The average Bonchev–Trinajstić information content (AvgIpc) is 2.07. The Morgan fingerprint density at radius 1 is 1.21 bits per heavy atom. The lowest BCUT2D eigenvalue weighted by molar-refractivity contribution is -0.131. The number of nitrogens with zero attached hydrogens (tertiary/aromatic N) is 1. The van der Waals surface area contributed by atoms with Gasteiger partial charge in [-0.1, -0.05) is 23.2 Å². The van der Waals surface area contributed by atoms with E-state index in [1.165, 1.54) is 0 Å². The summed E-state index contributed by atoms with van der Waals surface area (Å²) in [6.45, 7) is 0. The van der Waals surface area contributed by atoms with Crippen molar-refractivity contribution >= 4 is 34.8 Å². The number of pyridine rings is 1. The van der Waals surface area contributed by atoms with Gasteiger partial charge in [-0.3, -0.25) is 4.98 Å². The first-order valence-electron chi connectivity index (χ1n) is 3.33. The van der Waals surface area contributed by atoms with Crippen molar-refractivity contribution in [3.05, 3.63) is 28.0 Å². The van der Waals surface area contributed by atoms with Crippen LogP contribution in [0.3, 0.4) is 0 Å². The monoisotopic (exact) mass is 263 g/mol. The molecule has 0 bridgehead atoms. The van der Waals surface area contributed by atoms with Gasteiger partial charge in [0.1, 0.15) is 0 Å². The molecule has 0 aliphatic heterocycles. The van der Waals surface area contributed by atoms with E-state index in [-0.39, 0.29) is 15.6 Å². The van der Waals surface area contributed by atoms with Gasteiger partial charge in [-0.25, -0.2) is 0 Å². The van der Waals surface area contributed by atoms with Crippen molar-refractivity contribution in [3.8, 4) is 0 Å². The Morgan fingerprint density at radius 3 is 2.29 bits per heavy atom. The number of alkyl halides is 4. The van der Waals surface area contributed by atoms with Gasteiger partial charge in [0, 0.05) is 18.0 Å². The van der Waals surface area contributed by atoms with Crippen molar-refractivity contribution in [1.82, 2.24) is 4.98 Å². The van der Waals surface area contributed by atoms with Crippen LogP contribution in [0.2, 0.25) is 10.0 Å². The molecule has 1 heterocycles. The van der Waals surface area contributed by atoms with Gasteiger partial charge in [0.15, 0.2) is 5.38 Å². The molecule has 0 amide bonds. The van der Waals surface area contributed by atoms with Gasteiger partial charge in [-0.05, 0) is 0 Å². The van der Waals surface area contributed by atoms with E-state index in [0.717, 1.165) is 12.4 Å². The van der Waals surface area contributed by atoms with E-state index in [9.17, 15) is 13.2 Å². The van der Waals surface area contributed by atoms with E-state index in [4.69, 9.17) is 34.8 Å². The zero-order valence-corrected chi connectivity index (χ0v) is 8.71.